The Morgan fingerprint density at radius 3 is 2.24 bits per heavy atom. The number of hydrogen-bond acceptors (Lipinski definition) is 4. The van der Waals surface area contributed by atoms with Gasteiger partial charge in [-0.1, -0.05) is 0 Å². The fourth-order valence-corrected chi connectivity index (χ4v) is 2.94. The van der Waals surface area contributed by atoms with E-state index in [1.807, 2.05) is 4.90 Å². The highest BCUT2D eigenvalue weighted by molar-refractivity contribution is 5.80. The molecule has 4 nitrogen and oxygen atoms in total. The smallest absolute Gasteiger partial charge is 0.391 e. The van der Waals surface area contributed by atoms with Crippen LogP contribution in [-0.2, 0) is 9.53 Å². The Morgan fingerprint density at radius 2 is 1.81 bits per heavy atom. The molecule has 2 rings (SSSR count). The minimum Gasteiger partial charge on any atom is -0.468 e. The van der Waals surface area contributed by atoms with Crippen LogP contribution in [0.2, 0.25) is 0 Å². The van der Waals surface area contributed by atoms with E-state index in [4.69, 9.17) is 4.74 Å². The van der Waals surface area contributed by atoms with E-state index >= 15 is 0 Å². The number of likely N-dealkylation sites (tertiary alicyclic amines) is 1. The summed E-state index contributed by atoms with van der Waals surface area (Å²) in [4.78, 5) is 13.9. The number of alkyl halides is 3. The van der Waals surface area contributed by atoms with Gasteiger partial charge in [0.05, 0.1) is 13.0 Å². The van der Waals surface area contributed by atoms with E-state index in [0.29, 0.717) is 25.7 Å². The molecule has 2 aliphatic rings. The lowest BCUT2D eigenvalue weighted by Crippen LogP contribution is -2.59. The van der Waals surface area contributed by atoms with Gasteiger partial charge in [0.1, 0.15) is 5.54 Å². The van der Waals surface area contributed by atoms with Crippen LogP contribution in [0.15, 0.2) is 0 Å². The third-order valence-corrected chi connectivity index (χ3v) is 4.33. The predicted octanol–water partition coefficient (Wildman–Crippen LogP) is 1.94. The van der Waals surface area contributed by atoms with Gasteiger partial charge in [-0.25, -0.2) is 0 Å². The molecule has 122 valence electrons. The summed E-state index contributed by atoms with van der Waals surface area (Å²) in [6.45, 7) is 2.89. The summed E-state index contributed by atoms with van der Waals surface area (Å²) in [5, 5.41) is 3.27. The predicted molar refractivity (Wildman–Crippen MR) is 71.8 cm³/mol. The first-order chi connectivity index (χ1) is 9.74. The Bertz CT molecular complexity index is 377. The molecule has 1 saturated carbocycles. The van der Waals surface area contributed by atoms with Crippen molar-refractivity contribution in [2.75, 3.05) is 26.7 Å². The quantitative estimate of drug-likeness (QED) is 0.788. The number of nitrogens with zero attached hydrogens (tertiary/aromatic N) is 1. The molecule has 0 spiro atoms. The number of halogens is 3. The molecule has 1 saturated heterocycles. The number of ether oxygens (including phenoxy) is 1. The van der Waals surface area contributed by atoms with Crippen molar-refractivity contribution in [3.05, 3.63) is 0 Å². The van der Waals surface area contributed by atoms with Gasteiger partial charge in [-0.2, -0.15) is 13.2 Å². The average molecular weight is 308 g/mol. The van der Waals surface area contributed by atoms with E-state index in [-0.39, 0.29) is 18.8 Å². The fourth-order valence-electron chi connectivity index (χ4n) is 2.94. The Morgan fingerprint density at radius 1 is 1.24 bits per heavy atom. The maximum Gasteiger partial charge on any atom is 0.391 e. The lowest BCUT2D eigenvalue weighted by Gasteiger charge is -2.38. The molecule has 0 aromatic rings. The van der Waals surface area contributed by atoms with E-state index < -0.39 is 17.6 Å². The van der Waals surface area contributed by atoms with Crippen molar-refractivity contribution in [3.8, 4) is 0 Å². The van der Waals surface area contributed by atoms with Gasteiger partial charge in [0, 0.05) is 12.6 Å². The number of esters is 1. The van der Waals surface area contributed by atoms with Crippen molar-refractivity contribution in [2.45, 2.75) is 50.4 Å². The number of rotatable bonds is 5. The minimum atomic E-state index is -4.11. The van der Waals surface area contributed by atoms with E-state index in [0.717, 1.165) is 12.8 Å². The summed E-state index contributed by atoms with van der Waals surface area (Å²) >= 11 is 0. The molecular weight excluding hydrogens is 285 g/mol. The second kappa shape index (κ2) is 6.12. The average Bonchev–Trinajstić information content (AvgIpc) is 3.21. The molecule has 1 atom stereocenters. The highest BCUT2D eigenvalue weighted by Gasteiger charge is 2.44. The molecule has 0 aromatic heterocycles. The van der Waals surface area contributed by atoms with Gasteiger partial charge in [0.2, 0.25) is 0 Å². The maximum atomic E-state index is 12.7. The Hall–Kier alpha value is -0.820. The zero-order chi connectivity index (χ0) is 15.7. The second-order valence-electron chi connectivity index (χ2n) is 6.33. The van der Waals surface area contributed by atoms with Crippen LogP contribution in [0.5, 0.6) is 0 Å². The molecule has 21 heavy (non-hydrogen) atoms. The molecule has 1 aliphatic carbocycles. The lowest BCUT2D eigenvalue weighted by molar-refractivity contribution is -0.185. The topological polar surface area (TPSA) is 41.6 Å². The van der Waals surface area contributed by atoms with Gasteiger partial charge >= 0.3 is 12.1 Å². The summed E-state index contributed by atoms with van der Waals surface area (Å²) in [6.07, 6.45) is -1.84. The molecule has 1 unspecified atom stereocenters. The summed E-state index contributed by atoms with van der Waals surface area (Å²) in [6, 6.07) is 0.321. The van der Waals surface area contributed by atoms with E-state index in [1.54, 1.807) is 6.92 Å². The third kappa shape index (κ3) is 4.32. The first-order valence-corrected chi connectivity index (χ1v) is 7.40. The van der Waals surface area contributed by atoms with Gasteiger partial charge in [-0.3, -0.25) is 10.1 Å². The summed E-state index contributed by atoms with van der Waals surface area (Å²) in [7, 11) is 1.34. The highest BCUT2D eigenvalue weighted by atomic mass is 19.4. The highest BCUT2D eigenvalue weighted by Crippen LogP contribution is 2.34. The number of carbonyl (C=O) groups excluding carboxylic acids is 1. The van der Waals surface area contributed by atoms with Crippen LogP contribution in [0.1, 0.15) is 32.6 Å². The Labute approximate surface area is 123 Å². The number of nitrogens with one attached hydrogen (secondary N) is 1. The first-order valence-electron chi connectivity index (χ1n) is 7.40. The van der Waals surface area contributed by atoms with Crippen molar-refractivity contribution >= 4 is 5.97 Å². The van der Waals surface area contributed by atoms with E-state index in [9.17, 15) is 18.0 Å². The van der Waals surface area contributed by atoms with Crippen molar-refractivity contribution in [3.63, 3.8) is 0 Å². The van der Waals surface area contributed by atoms with Crippen LogP contribution in [-0.4, -0.2) is 55.4 Å². The minimum absolute atomic E-state index is 0.101. The van der Waals surface area contributed by atoms with Gasteiger partial charge < -0.3 is 9.64 Å². The van der Waals surface area contributed by atoms with Gasteiger partial charge in [-0.05, 0) is 45.7 Å². The molecule has 0 radical (unpaired) electrons. The second-order valence-corrected chi connectivity index (χ2v) is 6.33. The molecule has 1 N–H and O–H groups in total. The van der Waals surface area contributed by atoms with Crippen LogP contribution in [0.4, 0.5) is 13.2 Å². The van der Waals surface area contributed by atoms with E-state index in [1.165, 1.54) is 7.11 Å². The SMILES string of the molecule is COC(=O)C(C)(CN1CCC(C(F)(F)F)CC1)NC1CC1. The molecule has 1 aliphatic heterocycles. The number of piperidine rings is 1. The van der Waals surface area contributed by atoms with Crippen LogP contribution in [0, 0.1) is 5.92 Å². The zero-order valence-electron chi connectivity index (χ0n) is 12.5. The molecule has 2 fully saturated rings. The summed E-state index contributed by atoms with van der Waals surface area (Å²) in [5.74, 6) is -1.57. The van der Waals surface area contributed by atoms with E-state index in [2.05, 4.69) is 5.32 Å². The number of carbonyl (C=O) groups is 1. The van der Waals surface area contributed by atoms with Crippen molar-refractivity contribution in [2.24, 2.45) is 5.92 Å². The third-order valence-electron chi connectivity index (χ3n) is 4.33. The monoisotopic (exact) mass is 308 g/mol. The first kappa shape index (κ1) is 16.5. The molecule has 1 heterocycles. The largest absolute Gasteiger partial charge is 0.468 e. The lowest BCUT2D eigenvalue weighted by atomic mass is 9.94. The van der Waals surface area contributed by atoms with Crippen LogP contribution < -0.4 is 5.32 Å². The van der Waals surface area contributed by atoms with Crippen molar-refractivity contribution in [1.29, 1.82) is 0 Å². The molecule has 0 aromatic carbocycles. The maximum absolute atomic E-state index is 12.7. The molecular formula is C14H23F3N2O2. The van der Waals surface area contributed by atoms with Crippen LogP contribution in [0.3, 0.4) is 0 Å². The fraction of sp³-hybridized carbons (Fsp3) is 0.929. The summed E-state index contributed by atoms with van der Waals surface area (Å²) < 4.78 is 42.8. The van der Waals surface area contributed by atoms with Crippen LogP contribution in [0.25, 0.3) is 0 Å². The van der Waals surface area contributed by atoms with Crippen LogP contribution >= 0.6 is 0 Å². The number of hydrogen-bond donors (Lipinski definition) is 1. The van der Waals surface area contributed by atoms with Crippen molar-refractivity contribution < 1.29 is 22.7 Å². The Balaban J connectivity index is 1.91. The zero-order valence-corrected chi connectivity index (χ0v) is 12.5. The van der Waals surface area contributed by atoms with Gasteiger partial charge in [0.25, 0.3) is 0 Å². The molecule has 7 heteroatoms. The standard InChI is InChI=1S/C14H23F3N2O2/c1-13(12(20)21-2,18-11-3-4-11)9-19-7-5-10(6-8-19)14(15,16)17/h10-11,18H,3-9H2,1-2H3. The normalized spacial score (nSPS) is 24.6. The van der Waals surface area contributed by atoms with Crippen molar-refractivity contribution in [1.82, 2.24) is 10.2 Å². The number of methoxy groups -OCH3 is 1. The molecule has 0 amide bonds. The summed E-state index contributed by atoms with van der Waals surface area (Å²) in [5.41, 5.74) is -0.846. The van der Waals surface area contributed by atoms with Gasteiger partial charge in [-0.15, -0.1) is 0 Å². The van der Waals surface area contributed by atoms with Gasteiger partial charge in [0.15, 0.2) is 0 Å². The Kier molecular flexibility index (Phi) is 4.82. The molecule has 0 bridgehead atoms.